The lowest BCUT2D eigenvalue weighted by atomic mass is 10.2. The van der Waals surface area contributed by atoms with E-state index in [1.165, 1.54) is 43.8 Å². The molecule has 0 saturated heterocycles. The van der Waals surface area contributed by atoms with E-state index in [1.807, 2.05) is 0 Å². The molecule has 0 atom stereocenters. The monoisotopic (exact) mass is 522 g/mol. The predicted molar refractivity (Wildman–Crippen MR) is 121 cm³/mol. The topological polar surface area (TPSA) is 117 Å². The summed E-state index contributed by atoms with van der Waals surface area (Å²) in [5, 5.41) is 5.88. The van der Waals surface area contributed by atoms with E-state index in [9.17, 15) is 22.4 Å². The molecule has 9 nitrogen and oxygen atoms in total. The number of carbonyl (C=O) groups excluding carboxylic acids is 1. The molecule has 0 radical (unpaired) electrons. The van der Waals surface area contributed by atoms with Gasteiger partial charge in [-0.3, -0.25) is 4.79 Å². The molecule has 4 rings (SSSR count). The highest BCUT2D eigenvalue weighted by Gasteiger charge is 2.41. The number of nitrogens with two attached hydrogens (primary N) is 1. The number of carbonyl (C=O) groups is 1. The number of alkyl halides is 3. The van der Waals surface area contributed by atoms with Crippen molar-refractivity contribution >= 4 is 29.0 Å². The van der Waals surface area contributed by atoms with Crippen LogP contribution >= 0.6 is 11.6 Å². The number of hydrogen-bond donors (Lipinski definition) is 2. The maximum atomic E-state index is 14.6. The molecule has 4 aromatic rings. The molecule has 3 aromatic heterocycles. The van der Waals surface area contributed by atoms with Crippen molar-refractivity contribution in [2.75, 3.05) is 18.2 Å². The van der Waals surface area contributed by atoms with E-state index in [-0.39, 0.29) is 39.6 Å². The van der Waals surface area contributed by atoms with Gasteiger partial charge in [0.05, 0.1) is 18.9 Å². The Balaban J connectivity index is 1.62. The van der Waals surface area contributed by atoms with Crippen LogP contribution < -0.4 is 20.5 Å². The highest BCUT2D eigenvalue weighted by molar-refractivity contribution is 6.34. The van der Waals surface area contributed by atoms with E-state index in [0.29, 0.717) is 4.68 Å². The lowest BCUT2D eigenvalue weighted by molar-refractivity contribution is -0.143. The zero-order chi connectivity index (χ0) is 26.0. The van der Waals surface area contributed by atoms with Crippen molar-refractivity contribution in [2.24, 2.45) is 0 Å². The van der Waals surface area contributed by atoms with Crippen molar-refractivity contribution in [3.8, 4) is 23.1 Å². The van der Waals surface area contributed by atoms with Crippen LogP contribution in [-0.2, 0) is 6.18 Å². The molecule has 3 heterocycles. The average Bonchev–Trinajstić information content (AvgIpc) is 3.29. The SMILES string of the molecule is COc1cccnc1-n1ncc(C(=O)Nc2ccc(Oc3ccnc(N)c3Cl)c(F)c2)c1C(F)(F)F. The maximum absolute atomic E-state index is 14.6. The summed E-state index contributed by atoms with van der Waals surface area (Å²) in [5.41, 5.74) is 3.25. The Bertz CT molecular complexity index is 1440. The van der Waals surface area contributed by atoms with Gasteiger partial charge in [-0.05, 0) is 24.3 Å². The van der Waals surface area contributed by atoms with Gasteiger partial charge in [-0.15, -0.1) is 0 Å². The molecule has 0 aliphatic heterocycles. The van der Waals surface area contributed by atoms with Crippen LogP contribution in [0, 0.1) is 5.82 Å². The third-order valence-corrected chi connectivity index (χ3v) is 5.12. The molecule has 186 valence electrons. The van der Waals surface area contributed by atoms with Gasteiger partial charge in [0.2, 0.25) is 0 Å². The highest BCUT2D eigenvalue weighted by atomic mass is 35.5. The van der Waals surface area contributed by atoms with Gasteiger partial charge in [0.25, 0.3) is 5.91 Å². The largest absolute Gasteiger partial charge is 0.493 e. The second-order valence-electron chi connectivity index (χ2n) is 7.06. The van der Waals surface area contributed by atoms with E-state index >= 15 is 0 Å². The molecule has 0 saturated carbocycles. The van der Waals surface area contributed by atoms with Crippen molar-refractivity contribution in [1.82, 2.24) is 19.7 Å². The Kier molecular flexibility index (Phi) is 6.66. The Hall–Kier alpha value is -4.39. The van der Waals surface area contributed by atoms with Crippen molar-refractivity contribution in [1.29, 1.82) is 0 Å². The fourth-order valence-electron chi connectivity index (χ4n) is 3.15. The number of benzene rings is 1. The van der Waals surface area contributed by atoms with Crippen LogP contribution in [0.25, 0.3) is 5.82 Å². The molecule has 36 heavy (non-hydrogen) atoms. The summed E-state index contributed by atoms with van der Waals surface area (Å²) in [6.45, 7) is 0. The number of halogens is 5. The molecule has 14 heteroatoms. The second-order valence-corrected chi connectivity index (χ2v) is 7.43. The molecule has 0 aliphatic rings. The number of nitrogens with zero attached hydrogens (tertiary/aromatic N) is 4. The van der Waals surface area contributed by atoms with Gasteiger partial charge in [0, 0.05) is 30.2 Å². The molecule has 0 fully saturated rings. The number of amides is 1. The first-order valence-corrected chi connectivity index (χ1v) is 10.3. The first-order valence-electron chi connectivity index (χ1n) is 9.93. The third-order valence-electron chi connectivity index (χ3n) is 4.74. The lowest BCUT2D eigenvalue weighted by Crippen LogP contribution is -2.21. The van der Waals surface area contributed by atoms with Crippen LogP contribution in [0.1, 0.15) is 16.1 Å². The number of pyridine rings is 2. The minimum Gasteiger partial charge on any atom is -0.493 e. The molecule has 0 unspecified atom stereocenters. The first-order chi connectivity index (χ1) is 17.1. The van der Waals surface area contributed by atoms with Crippen LogP contribution in [0.2, 0.25) is 5.02 Å². The highest BCUT2D eigenvalue weighted by Crippen LogP contribution is 2.36. The first kappa shape index (κ1) is 24.7. The van der Waals surface area contributed by atoms with E-state index in [4.69, 9.17) is 26.8 Å². The zero-order valence-electron chi connectivity index (χ0n) is 18.2. The summed E-state index contributed by atoms with van der Waals surface area (Å²) in [6.07, 6.45) is -1.70. The van der Waals surface area contributed by atoms with Crippen LogP contribution in [0.3, 0.4) is 0 Å². The number of ether oxygens (including phenoxy) is 2. The quantitative estimate of drug-likeness (QED) is 0.338. The minimum absolute atomic E-state index is 0.00627. The summed E-state index contributed by atoms with van der Waals surface area (Å²) < 4.78 is 67.3. The Labute approximate surface area is 205 Å². The molecule has 0 bridgehead atoms. The molecule has 1 aromatic carbocycles. The lowest BCUT2D eigenvalue weighted by Gasteiger charge is -2.14. The van der Waals surface area contributed by atoms with E-state index in [1.54, 1.807) is 0 Å². The summed E-state index contributed by atoms with van der Waals surface area (Å²) in [5.74, 6) is -2.63. The average molecular weight is 523 g/mol. The van der Waals surface area contributed by atoms with Crippen LogP contribution in [0.15, 0.2) is 55.0 Å². The molecule has 0 spiro atoms. The third kappa shape index (κ3) is 4.86. The van der Waals surface area contributed by atoms with Crippen LogP contribution in [0.4, 0.5) is 29.1 Å². The second kappa shape index (κ2) is 9.70. The summed E-state index contributed by atoms with van der Waals surface area (Å²) in [7, 11) is 1.25. The Morgan fingerprint density at radius 2 is 1.89 bits per heavy atom. The maximum Gasteiger partial charge on any atom is 0.434 e. The Morgan fingerprint density at radius 1 is 1.11 bits per heavy atom. The smallest absolute Gasteiger partial charge is 0.434 e. The van der Waals surface area contributed by atoms with Crippen molar-refractivity contribution in [3.63, 3.8) is 0 Å². The number of rotatable bonds is 6. The normalized spacial score (nSPS) is 11.3. The van der Waals surface area contributed by atoms with Crippen molar-refractivity contribution in [3.05, 3.63) is 77.1 Å². The Morgan fingerprint density at radius 3 is 2.58 bits per heavy atom. The number of hydrogen-bond acceptors (Lipinski definition) is 7. The van der Waals surface area contributed by atoms with Gasteiger partial charge in [-0.1, -0.05) is 11.6 Å². The molecule has 3 N–H and O–H groups in total. The molecule has 1 amide bonds. The van der Waals surface area contributed by atoms with E-state index in [0.717, 1.165) is 18.3 Å². The standard InChI is InChI=1S/C22H15ClF4N6O3/c1-35-16-3-2-7-30-20(16)33-18(22(25,26)27)12(10-31-33)21(34)32-11-4-5-14(13(24)9-11)36-15-6-8-29-19(28)17(15)23/h2-10H,1H3,(H2,28,29)(H,32,34). The number of aromatic nitrogens is 4. The van der Waals surface area contributed by atoms with Gasteiger partial charge < -0.3 is 20.5 Å². The minimum atomic E-state index is -4.99. The summed E-state index contributed by atoms with van der Waals surface area (Å²) >= 11 is 5.98. The molecule has 0 aliphatic carbocycles. The number of anilines is 2. The predicted octanol–water partition coefficient (Wildman–Crippen LogP) is 5.11. The number of nitrogen functional groups attached to an aromatic ring is 1. The van der Waals surface area contributed by atoms with E-state index < -0.39 is 29.2 Å². The van der Waals surface area contributed by atoms with E-state index in [2.05, 4.69) is 20.4 Å². The summed E-state index contributed by atoms with van der Waals surface area (Å²) in [4.78, 5) is 20.4. The van der Waals surface area contributed by atoms with Crippen molar-refractivity contribution in [2.45, 2.75) is 6.18 Å². The van der Waals surface area contributed by atoms with Gasteiger partial charge in [-0.2, -0.15) is 18.3 Å². The molecular weight excluding hydrogens is 508 g/mol. The van der Waals surface area contributed by atoms with Crippen molar-refractivity contribution < 1.29 is 31.8 Å². The van der Waals surface area contributed by atoms with Gasteiger partial charge in [0.1, 0.15) is 10.8 Å². The fourth-order valence-corrected chi connectivity index (χ4v) is 3.30. The fraction of sp³-hybridized carbons (Fsp3) is 0.0909. The van der Waals surface area contributed by atoms with Gasteiger partial charge >= 0.3 is 6.18 Å². The van der Waals surface area contributed by atoms with Gasteiger partial charge in [-0.25, -0.2) is 19.0 Å². The zero-order valence-corrected chi connectivity index (χ0v) is 18.9. The van der Waals surface area contributed by atoms with Crippen LogP contribution in [-0.4, -0.2) is 32.8 Å². The molecular formula is C22H15ClF4N6O3. The van der Waals surface area contributed by atoms with Gasteiger partial charge in [0.15, 0.2) is 34.6 Å². The number of nitrogens with one attached hydrogen (secondary N) is 1. The number of methoxy groups -OCH3 is 1. The summed E-state index contributed by atoms with van der Waals surface area (Å²) in [6, 6.07) is 7.47. The van der Waals surface area contributed by atoms with Crippen LogP contribution in [0.5, 0.6) is 17.2 Å².